The minimum atomic E-state index is -0.669. The molecule has 3 aromatic rings. The van der Waals surface area contributed by atoms with Crippen molar-refractivity contribution < 1.29 is 21.8 Å². The van der Waals surface area contributed by atoms with Crippen LogP contribution in [0.3, 0.4) is 0 Å². The molecule has 0 aromatic heterocycles. The molecule has 0 bridgehead atoms. The summed E-state index contributed by atoms with van der Waals surface area (Å²) in [6.07, 6.45) is 17.4. The second-order valence-corrected chi connectivity index (χ2v) is 10.6. The van der Waals surface area contributed by atoms with E-state index in [0.717, 1.165) is 18.2 Å². The third-order valence-electron chi connectivity index (χ3n) is 5.88. The van der Waals surface area contributed by atoms with Gasteiger partial charge in [-0.2, -0.15) is 0 Å². The predicted molar refractivity (Wildman–Crippen MR) is 147 cm³/mol. The number of benzene rings is 3. The first-order valence-corrected chi connectivity index (χ1v) is 13.3. The summed E-state index contributed by atoms with van der Waals surface area (Å²) in [6, 6.07) is 32.2. The van der Waals surface area contributed by atoms with Gasteiger partial charge < -0.3 is 4.74 Å². The molecule has 0 saturated heterocycles. The third kappa shape index (κ3) is 7.10. The zero-order valence-electron chi connectivity index (χ0n) is 19.9. The quantitative estimate of drug-likeness (QED) is 0.288. The standard InChI is InChI=1S/C27H23NOP.C5H5.Fe/c1-4-11-21(12-5-1)19-22-20-29-27(28-22)25-17-10-18-26(25)30(23-13-6-2-7-14-23)24-15-8-3-9-16-24;1-2-4-5-3-1;/h1-18,22H,19-20H2;1-5H;/q;;+2/t22-;;/m0../s1. The first-order valence-electron chi connectivity index (χ1n) is 12.0. The Kier molecular flexibility index (Phi) is 10.6. The number of hydrogen-bond acceptors (Lipinski definition) is 2. The summed E-state index contributed by atoms with van der Waals surface area (Å²) in [5, 5.41) is 2.68. The van der Waals surface area contributed by atoms with Crippen molar-refractivity contribution in [2.75, 3.05) is 6.61 Å². The molecule has 0 amide bonds. The van der Waals surface area contributed by atoms with Crippen LogP contribution < -0.4 is 10.6 Å². The van der Waals surface area contributed by atoms with Gasteiger partial charge in [0.05, 0.1) is 12.0 Å². The van der Waals surface area contributed by atoms with Crippen LogP contribution >= 0.6 is 7.92 Å². The SMILES string of the molecule is [CH]1[CH][CH][CH][CH]1.[CH]1[CH][C](C2=N[C@@H](Cc3ccccc3)CO2)[C](P(c2ccccc2)c2ccccc2)[CH]1.[Fe+2]. The van der Waals surface area contributed by atoms with Gasteiger partial charge in [-0.05, 0) is 81.9 Å². The molecule has 1 atom stereocenters. The van der Waals surface area contributed by atoms with Crippen molar-refractivity contribution in [1.82, 2.24) is 0 Å². The summed E-state index contributed by atoms with van der Waals surface area (Å²) < 4.78 is 6.11. The average Bonchev–Trinajstić information content (AvgIpc) is 3.71. The van der Waals surface area contributed by atoms with Gasteiger partial charge in [-0.1, -0.05) is 91.0 Å². The van der Waals surface area contributed by atoms with Gasteiger partial charge in [-0.15, -0.1) is 0 Å². The van der Waals surface area contributed by atoms with Crippen LogP contribution in [0.1, 0.15) is 5.56 Å². The number of nitrogens with zero attached hydrogens (tertiary/aromatic N) is 1. The van der Waals surface area contributed by atoms with Gasteiger partial charge in [0.25, 0.3) is 0 Å². The van der Waals surface area contributed by atoms with Gasteiger partial charge in [-0.3, -0.25) is 0 Å². The summed E-state index contributed by atoms with van der Waals surface area (Å²) in [4.78, 5) is 4.96. The van der Waals surface area contributed by atoms with Gasteiger partial charge in [-0.25, -0.2) is 4.99 Å². The maximum absolute atomic E-state index is 6.11. The molecular formula is C32H28FeNOP+2. The summed E-state index contributed by atoms with van der Waals surface area (Å²) in [6.45, 7) is 0.642. The number of rotatable bonds is 6. The summed E-state index contributed by atoms with van der Waals surface area (Å²) in [5.74, 6) is 1.92. The van der Waals surface area contributed by atoms with Crippen LogP contribution in [0.2, 0.25) is 0 Å². The normalized spacial score (nSPS) is 19.8. The van der Waals surface area contributed by atoms with E-state index in [1.54, 1.807) is 0 Å². The molecule has 2 saturated carbocycles. The fraction of sp³-hybridized carbons (Fsp3) is 0.0938. The molecule has 0 N–H and O–H groups in total. The third-order valence-corrected chi connectivity index (χ3v) is 8.38. The van der Waals surface area contributed by atoms with E-state index in [0.29, 0.717) is 6.61 Å². The molecule has 1 heterocycles. The Morgan fingerprint density at radius 2 is 1.19 bits per heavy atom. The zero-order valence-corrected chi connectivity index (χ0v) is 21.9. The van der Waals surface area contributed by atoms with E-state index >= 15 is 0 Å². The van der Waals surface area contributed by atoms with Crippen molar-refractivity contribution >= 4 is 24.4 Å². The predicted octanol–water partition coefficient (Wildman–Crippen LogP) is 5.91. The first kappa shape index (κ1) is 27.1. The van der Waals surface area contributed by atoms with E-state index in [1.165, 1.54) is 21.8 Å². The monoisotopic (exact) mass is 529 g/mol. The Morgan fingerprint density at radius 1 is 0.667 bits per heavy atom. The Balaban J connectivity index is 0.000000455. The molecule has 10 radical (unpaired) electrons. The minimum Gasteiger partial charge on any atom is -0.478 e. The van der Waals surface area contributed by atoms with E-state index in [4.69, 9.17) is 9.73 Å². The van der Waals surface area contributed by atoms with Crippen molar-refractivity contribution in [2.45, 2.75) is 12.5 Å². The summed E-state index contributed by atoms with van der Waals surface area (Å²) >= 11 is 0. The molecule has 1 aliphatic heterocycles. The Bertz CT molecular complexity index is 1010. The van der Waals surface area contributed by atoms with Gasteiger partial charge in [0.15, 0.2) is 5.90 Å². The molecule has 2 aliphatic carbocycles. The molecule has 3 aromatic carbocycles. The van der Waals surface area contributed by atoms with E-state index in [-0.39, 0.29) is 23.1 Å². The van der Waals surface area contributed by atoms with E-state index < -0.39 is 7.92 Å². The van der Waals surface area contributed by atoms with Crippen LogP contribution in [-0.2, 0) is 28.2 Å². The topological polar surface area (TPSA) is 21.6 Å². The van der Waals surface area contributed by atoms with Gasteiger partial charge in [0.2, 0.25) is 0 Å². The largest absolute Gasteiger partial charge is 2.00 e. The smallest absolute Gasteiger partial charge is 0.478 e. The second kappa shape index (κ2) is 14.1. The maximum Gasteiger partial charge on any atom is 2.00 e. The first-order chi connectivity index (χ1) is 17.4. The molecule has 36 heavy (non-hydrogen) atoms. The van der Waals surface area contributed by atoms with Crippen molar-refractivity contribution in [2.24, 2.45) is 4.99 Å². The molecule has 3 aliphatic rings. The zero-order chi connectivity index (χ0) is 23.7. The molecular weight excluding hydrogens is 501 g/mol. The maximum atomic E-state index is 6.11. The van der Waals surface area contributed by atoms with Crippen LogP contribution in [0.5, 0.6) is 0 Å². The molecule has 178 valence electrons. The van der Waals surface area contributed by atoms with Crippen LogP contribution in [0, 0.1) is 62.9 Å². The fourth-order valence-corrected chi connectivity index (χ4v) is 6.68. The van der Waals surface area contributed by atoms with Gasteiger partial charge >= 0.3 is 17.1 Å². The number of aliphatic imine (C=N–C) groups is 1. The fourth-order valence-electron chi connectivity index (χ4n) is 4.24. The number of ether oxygens (including phenoxy) is 1. The molecule has 0 unspecified atom stereocenters. The Hall–Kier alpha value is -1.92. The van der Waals surface area contributed by atoms with Crippen molar-refractivity contribution in [3.8, 4) is 0 Å². The van der Waals surface area contributed by atoms with Crippen molar-refractivity contribution in [3.63, 3.8) is 0 Å². The van der Waals surface area contributed by atoms with Crippen LogP contribution in [0.25, 0.3) is 0 Å². The molecule has 0 spiro atoms. The number of hydrogen-bond donors (Lipinski definition) is 0. The molecule has 4 heteroatoms. The average molecular weight is 529 g/mol. The van der Waals surface area contributed by atoms with E-state index in [2.05, 4.69) is 110 Å². The summed E-state index contributed by atoms with van der Waals surface area (Å²) in [5.41, 5.74) is 2.61. The molecule has 6 rings (SSSR count). The second-order valence-electron chi connectivity index (χ2n) is 8.38. The molecule has 2 nitrogen and oxygen atoms in total. The van der Waals surface area contributed by atoms with Crippen LogP contribution in [0.15, 0.2) is 96.0 Å². The molecule has 2 fully saturated rings. The van der Waals surface area contributed by atoms with E-state index in [9.17, 15) is 0 Å². The van der Waals surface area contributed by atoms with Crippen LogP contribution in [-0.4, -0.2) is 18.5 Å². The van der Waals surface area contributed by atoms with E-state index in [1.807, 2.05) is 32.1 Å². The van der Waals surface area contributed by atoms with Gasteiger partial charge in [0.1, 0.15) is 6.61 Å². The minimum absolute atomic E-state index is 0. The Morgan fingerprint density at radius 3 is 1.75 bits per heavy atom. The Labute approximate surface area is 229 Å². The van der Waals surface area contributed by atoms with Crippen molar-refractivity contribution in [1.29, 1.82) is 0 Å². The summed E-state index contributed by atoms with van der Waals surface area (Å²) in [7, 11) is -0.669. The van der Waals surface area contributed by atoms with Crippen molar-refractivity contribution in [3.05, 3.63) is 160 Å². The van der Waals surface area contributed by atoms with Crippen LogP contribution in [0.4, 0.5) is 0 Å². The van der Waals surface area contributed by atoms with Gasteiger partial charge in [0, 0.05) is 5.66 Å².